The number of aryl methyl sites for hydroxylation is 1. The summed E-state index contributed by atoms with van der Waals surface area (Å²) in [5.41, 5.74) is 3.95. The van der Waals surface area contributed by atoms with E-state index in [4.69, 9.17) is 4.74 Å². The maximum absolute atomic E-state index is 13.1. The number of ketones is 1. The lowest BCUT2D eigenvalue weighted by atomic mass is 9.85. The zero-order valence-electron chi connectivity index (χ0n) is 22.0. The molecule has 0 fully saturated rings. The van der Waals surface area contributed by atoms with Gasteiger partial charge in [-0.05, 0) is 53.8 Å². The summed E-state index contributed by atoms with van der Waals surface area (Å²) in [6.45, 7) is 13.7. The molecule has 1 amide bonds. The second-order valence-corrected chi connectivity index (χ2v) is 10.9. The van der Waals surface area contributed by atoms with Gasteiger partial charge in [0, 0.05) is 16.7 Å². The van der Waals surface area contributed by atoms with Gasteiger partial charge in [0.1, 0.15) is 12.4 Å². The lowest BCUT2D eigenvalue weighted by Crippen LogP contribution is -2.26. The molecule has 0 saturated carbocycles. The van der Waals surface area contributed by atoms with E-state index in [9.17, 15) is 14.9 Å². The molecular weight excluding hydrogens is 450 g/mol. The second kappa shape index (κ2) is 10.3. The molecule has 0 saturated heterocycles. The van der Waals surface area contributed by atoms with Crippen LogP contribution in [0.3, 0.4) is 0 Å². The van der Waals surface area contributed by atoms with Crippen molar-refractivity contribution < 1.29 is 14.3 Å². The van der Waals surface area contributed by atoms with Crippen LogP contribution in [0.25, 0.3) is 11.1 Å². The van der Waals surface area contributed by atoms with Crippen molar-refractivity contribution in [2.45, 2.75) is 53.9 Å². The van der Waals surface area contributed by atoms with Crippen molar-refractivity contribution in [3.8, 4) is 22.9 Å². The molecule has 2 aromatic carbocycles. The smallest absolute Gasteiger partial charge is 0.257 e. The number of hydrogen-bond donors (Lipinski definition) is 1. The van der Waals surface area contributed by atoms with Crippen LogP contribution in [-0.2, 0) is 10.2 Å². The Morgan fingerprint density at radius 1 is 1.03 bits per heavy atom. The first kappa shape index (κ1) is 26.6. The predicted octanol–water partition coefficient (Wildman–Crippen LogP) is 6.47. The third kappa shape index (κ3) is 6.37. The summed E-state index contributed by atoms with van der Waals surface area (Å²) in [5, 5.41) is 12.4. The van der Waals surface area contributed by atoms with Crippen LogP contribution in [0.5, 0.6) is 5.75 Å². The summed E-state index contributed by atoms with van der Waals surface area (Å²) in [7, 11) is 0. The van der Waals surface area contributed by atoms with Crippen LogP contribution in [0.15, 0.2) is 54.7 Å². The number of nitrogens with zero attached hydrogens (tertiary/aromatic N) is 2. The molecule has 0 radical (unpaired) electrons. The Balaban J connectivity index is 1.87. The number of nitriles is 1. The lowest BCUT2D eigenvalue weighted by molar-refractivity contribution is -0.128. The van der Waals surface area contributed by atoms with Crippen molar-refractivity contribution in [2.75, 3.05) is 11.9 Å². The van der Waals surface area contributed by atoms with Crippen LogP contribution < -0.4 is 10.1 Å². The molecule has 186 valence electrons. The number of carbonyl (C=O) groups excluding carboxylic acids is 2. The van der Waals surface area contributed by atoms with E-state index < -0.39 is 5.41 Å². The molecule has 36 heavy (non-hydrogen) atoms. The van der Waals surface area contributed by atoms with Crippen LogP contribution in [0.4, 0.5) is 5.69 Å². The highest BCUT2D eigenvalue weighted by molar-refractivity contribution is 6.06. The molecule has 0 aliphatic carbocycles. The SMILES string of the molecule is Cc1ncc(NC(=O)c2cc(C(C)(C)C)ccc2C#N)cc1-c1cccc(OCC(=O)C(C)(C)C)c1. The summed E-state index contributed by atoms with van der Waals surface area (Å²) in [6, 6.07) is 16.7. The standard InChI is InChI=1S/C30H33N3O3/c1-19-25(20-9-8-10-24(13-20)36-18-27(34)30(5,6)7)15-23(17-32-19)33-28(35)26-14-22(29(2,3)4)12-11-21(26)16-31/h8-15,17H,18H2,1-7H3,(H,33,35). The molecule has 0 bridgehead atoms. The number of hydrogen-bond acceptors (Lipinski definition) is 5. The normalized spacial score (nSPS) is 11.5. The first-order valence-corrected chi connectivity index (χ1v) is 11.9. The molecule has 6 heteroatoms. The minimum atomic E-state index is -0.470. The fourth-order valence-electron chi connectivity index (χ4n) is 3.51. The molecule has 0 unspecified atom stereocenters. The van der Waals surface area contributed by atoms with E-state index in [-0.39, 0.29) is 23.7 Å². The number of aromatic nitrogens is 1. The number of ether oxygens (including phenoxy) is 1. The van der Waals surface area contributed by atoms with E-state index in [2.05, 4.69) is 37.1 Å². The van der Waals surface area contributed by atoms with Crippen molar-refractivity contribution in [2.24, 2.45) is 5.41 Å². The van der Waals surface area contributed by atoms with Gasteiger partial charge in [0.2, 0.25) is 0 Å². The first-order chi connectivity index (χ1) is 16.8. The van der Waals surface area contributed by atoms with Crippen LogP contribution in [-0.4, -0.2) is 23.3 Å². The molecule has 3 aromatic rings. The van der Waals surface area contributed by atoms with E-state index in [1.807, 2.05) is 58.0 Å². The summed E-state index contributed by atoms with van der Waals surface area (Å²) in [4.78, 5) is 29.8. The lowest BCUT2D eigenvalue weighted by Gasteiger charge is -2.20. The molecule has 6 nitrogen and oxygen atoms in total. The number of pyridine rings is 1. The number of amides is 1. The molecule has 0 aliphatic heterocycles. The highest BCUT2D eigenvalue weighted by Crippen LogP contribution is 2.29. The van der Waals surface area contributed by atoms with Crippen molar-refractivity contribution >= 4 is 17.4 Å². The molecule has 1 heterocycles. The van der Waals surface area contributed by atoms with Crippen molar-refractivity contribution in [1.29, 1.82) is 5.26 Å². The van der Waals surface area contributed by atoms with Crippen LogP contribution in [0, 0.1) is 23.7 Å². The highest BCUT2D eigenvalue weighted by atomic mass is 16.5. The van der Waals surface area contributed by atoms with E-state index >= 15 is 0 Å². The Hall–Kier alpha value is -3.98. The largest absolute Gasteiger partial charge is 0.486 e. The minimum absolute atomic E-state index is 0.00482. The molecule has 0 aliphatic rings. The molecule has 3 rings (SSSR count). The fourth-order valence-corrected chi connectivity index (χ4v) is 3.51. The summed E-state index contributed by atoms with van der Waals surface area (Å²) >= 11 is 0. The van der Waals surface area contributed by atoms with Gasteiger partial charge in [0.25, 0.3) is 5.91 Å². The summed E-state index contributed by atoms with van der Waals surface area (Å²) in [6.07, 6.45) is 1.60. The second-order valence-electron chi connectivity index (χ2n) is 10.9. The van der Waals surface area contributed by atoms with Gasteiger partial charge in [-0.1, -0.05) is 59.7 Å². The Labute approximate surface area is 213 Å². The van der Waals surface area contributed by atoms with E-state index in [1.165, 1.54) is 0 Å². The molecular formula is C30H33N3O3. The molecule has 1 N–H and O–H groups in total. The van der Waals surface area contributed by atoms with Gasteiger partial charge < -0.3 is 10.1 Å². The Morgan fingerprint density at radius 2 is 1.75 bits per heavy atom. The third-order valence-corrected chi connectivity index (χ3v) is 5.95. The Morgan fingerprint density at radius 3 is 2.39 bits per heavy atom. The summed E-state index contributed by atoms with van der Waals surface area (Å²) < 4.78 is 5.74. The van der Waals surface area contributed by atoms with Gasteiger partial charge in [-0.25, -0.2) is 0 Å². The zero-order valence-corrected chi connectivity index (χ0v) is 22.0. The van der Waals surface area contributed by atoms with Crippen molar-refractivity contribution in [3.05, 3.63) is 77.1 Å². The van der Waals surface area contributed by atoms with E-state index in [0.29, 0.717) is 22.6 Å². The van der Waals surface area contributed by atoms with Crippen molar-refractivity contribution in [3.63, 3.8) is 0 Å². The topological polar surface area (TPSA) is 92.1 Å². The number of benzene rings is 2. The molecule has 0 atom stereocenters. The van der Waals surface area contributed by atoms with Gasteiger partial charge in [-0.3, -0.25) is 14.6 Å². The maximum Gasteiger partial charge on any atom is 0.257 e. The van der Waals surface area contributed by atoms with Crippen LogP contribution in [0.2, 0.25) is 0 Å². The van der Waals surface area contributed by atoms with E-state index in [0.717, 1.165) is 22.4 Å². The van der Waals surface area contributed by atoms with Gasteiger partial charge >= 0.3 is 0 Å². The molecule has 1 aromatic heterocycles. The van der Waals surface area contributed by atoms with Crippen molar-refractivity contribution in [1.82, 2.24) is 4.98 Å². The number of anilines is 1. The predicted molar refractivity (Wildman–Crippen MR) is 142 cm³/mol. The Bertz CT molecular complexity index is 1340. The van der Waals surface area contributed by atoms with Crippen LogP contribution >= 0.6 is 0 Å². The van der Waals surface area contributed by atoms with Gasteiger partial charge in [-0.15, -0.1) is 0 Å². The highest BCUT2D eigenvalue weighted by Gasteiger charge is 2.22. The minimum Gasteiger partial charge on any atom is -0.486 e. The number of nitrogens with one attached hydrogen (secondary N) is 1. The Kier molecular flexibility index (Phi) is 7.64. The monoisotopic (exact) mass is 483 g/mol. The van der Waals surface area contributed by atoms with E-state index in [1.54, 1.807) is 24.4 Å². The first-order valence-electron chi connectivity index (χ1n) is 11.9. The number of Topliss-reactive ketones (excluding diaryl/α,β-unsaturated/α-hetero) is 1. The quantitative estimate of drug-likeness (QED) is 0.434. The van der Waals surface area contributed by atoms with Crippen LogP contribution in [0.1, 0.15) is 68.7 Å². The number of rotatable bonds is 6. The molecule has 0 spiro atoms. The van der Waals surface area contributed by atoms with Gasteiger partial charge in [0.15, 0.2) is 5.78 Å². The average molecular weight is 484 g/mol. The average Bonchev–Trinajstić information content (AvgIpc) is 2.82. The fraction of sp³-hybridized carbons (Fsp3) is 0.333. The maximum atomic E-state index is 13.1. The van der Waals surface area contributed by atoms with Gasteiger partial charge in [-0.2, -0.15) is 5.26 Å². The van der Waals surface area contributed by atoms with Gasteiger partial charge in [0.05, 0.1) is 29.1 Å². The number of carbonyl (C=O) groups is 2. The summed E-state index contributed by atoms with van der Waals surface area (Å²) in [5.74, 6) is 0.228. The zero-order chi connectivity index (χ0) is 26.7. The third-order valence-electron chi connectivity index (χ3n) is 5.95.